The lowest BCUT2D eigenvalue weighted by molar-refractivity contribution is 0.299. The van der Waals surface area contributed by atoms with Gasteiger partial charge in [-0.05, 0) is 15.9 Å². The molecular formula is C4H5BrN2OS. The van der Waals surface area contributed by atoms with E-state index in [2.05, 4.69) is 26.1 Å². The van der Waals surface area contributed by atoms with E-state index in [4.69, 9.17) is 5.11 Å². The van der Waals surface area contributed by atoms with E-state index in [-0.39, 0.29) is 6.61 Å². The first-order valence-corrected chi connectivity index (χ1v) is 4.02. The molecule has 0 saturated heterocycles. The van der Waals surface area contributed by atoms with Gasteiger partial charge in [-0.25, -0.2) is 0 Å². The number of nitrogens with zero attached hydrogens (tertiary/aromatic N) is 2. The molecular weight excluding hydrogens is 204 g/mol. The van der Waals surface area contributed by atoms with E-state index in [9.17, 15) is 0 Å². The fourth-order valence-electron chi connectivity index (χ4n) is 0.430. The van der Waals surface area contributed by atoms with Crippen LogP contribution in [-0.2, 0) is 6.42 Å². The van der Waals surface area contributed by atoms with Crippen molar-refractivity contribution in [1.29, 1.82) is 0 Å². The van der Waals surface area contributed by atoms with Crippen molar-refractivity contribution in [2.75, 3.05) is 6.61 Å². The number of halogens is 1. The van der Waals surface area contributed by atoms with Crippen LogP contribution in [0.3, 0.4) is 0 Å². The predicted molar refractivity (Wildman–Crippen MR) is 38.4 cm³/mol. The van der Waals surface area contributed by atoms with Gasteiger partial charge in [-0.1, -0.05) is 11.3 Å². The Morgan fingerprint density at radius 3 is 2.78 bits per heavy atom. The highest BCUT2D eigenvalue weighted by atomic mass is 79.9. The van der Waals surface area contributed by atoms with Gasteiger partial charge < -0.3 is 5.11 Å². The van der Waals surface area contributed by atoms with Gasteiger partial charge in [-0.3, -0.25) is 0 Å². The van der Waals surface area contributed by atoms with Crippen LogP contribution in [0.4, 0.5) is 0 Å². The van der Waals surface area contributed by atoms with Crippen molar-refractivity contribution in [2.45, 2.75) is 6.42 Å². The van der Waals surface area contributed by atoms with E-state index >= 15 is 0 Å². The van der Waals surface area contributed by atoms with Gasteiger partial charge in [0.25, 0.3) is 0 Å². The summed E-state index contributed by atoms with van der Waals surface area (Å²) in [6.45, 7) is 0.141. The molecule has 0 saturated carbocycles. The average molecular weight is 209 g/mol. The molecule has 1 rings (SSSR count). The van der Waals surface area contributed by atoms with Gasteiger partial charge in [-0.2, -0.15) is 0 Å². The van der Waals surface area contributed by atoms with Crippen molar-refractivity contribution in [3.8, 4) is 0 Å². The maximum absolute atomic E-state index is 8.45. The van der Waals surface area contributed by atoms with Gasteiger partial charge in [0, 0.05) is 13.0 Å². The summed E-state index contributed by atoms with van der Waals surface area (Å²) in [7, 11) is 0. The predicted octanol–water partition coefficient (Wildman–Crippen LogP) is 0.835. The number of rotatable bonds is 2. The van der Waals surface area contributed by atoms with Crippen LogP contribution in [-0.4, -0.2) is 21.9 Å². The summed E-state index contributed by atoms with van der Waals surface area (Å²) in [5.41, 5.74) is 0. The lowest BCUT2D eigenvalue weighted by Gasteiger charge is -1.82. The lowest BCUT2D eigenvalue weighted by atomic mass is 10.5. The number of hydrogen-bond acceptors (Lipinski definition) is 4. The summed E-state index contributed by atoms with van der Waals surface area (Å²) in [6.07, 6.45) is 0.600. The molecule has 0 radical (unpaired) electrons. The standard InChI is InChI=1S/C4H5BrN2OS/c5-4-7-6-3(9-4)1-2-8/h8H,1-2H2. The van der Waals surface area contributed by atoms with Crippen molar-refractivity contribution in [3.05, 3.63) is 8.92 Å². The van der Waals surface area contributed by atoms with Gasteiger partial charge in [0.15, 0.2) is 3.92 Å². The average Bonchev–Trinajstić information content (AvgIpc) is 2.17. The monoisotopic (exact) mass is 208 g/mol. The Hall–Kier alpha value is -0.0000000000000000833. The molecule has 1 heterocycles. The molecule has 0 fully saturated rings. The van der Waals surface area contributed by atoms with E-state index in [1.165, 1.54) is 11.3 Å². The molecule has 0 atom stereocenters. The molecule has 0 aliphatic rings. The van der Waals surface area contributed by atoms with E-state index < -0.39 is 0 Å². The van der Waals surface area contributed by atoms with Crippen molar-refractivity contribution in [3.63, 3.8) is 0 Å². The Morgan fingerprint density at radius 2 is 2.33 bits per heavy atom. The second-order valence-corrected chi connectivity index (χ2v) is 3.76. The van der Waals surface area contributed by atoms with Crippen LogP contribution in [0.5, 0.6) is 0 Å². The number of aromatic nitrogens is 2. The summed E-state index contributed by atoms with van der Waals surface area (Å²) in [5, 5.41) is 16.8. The Bertz CT molecular complexity index is 190. The fourth-order valence-corrected chi connectivity index (χ4v) is 1.62. The van der Waals surface area contributed by atoms with Crippen molar-refractivity contribution >= 4 is 27.3 Å². The highest BCUT2D eigenvalue weighted by Crippen LogP contribution is 2.15. The second-order valence-electron chi connectivity index (χ2n) is 1.42. The zero-order chi connectivity index (χ0) is 6.69. The molecule has 0 unspecified atom stereocenters. The second kappa shape index (κ2) is 3.24. The minimum atomic E-state index is 0.141. The molecule has 0 bridgehead atoms. The molecule has 1 aromatic heterocycles. The van der Waals surface area contributed by atoms with Gasteiger partial charge in [-0.15, -0.1) is 10.2 Å². The number of hydrogen-bond donors (Lipinski definition) is 1. The third-order valence-corrected chi connectivity index (χ3v) is 2.18. The first-order valence-electron chi connectivity index (χ1n) is 2.41. The molecule has 9 heavy (non-hydrogen) atoms. The van der Waals surface area contributed by atoms with Crippen LogP contribution < -0.4 is 0 Å². The molecule has 0 aliphatic carbocycles. The van der Waals surface area contributed by atoms with E-state index in [1.807, 2.05) is 0 Å². The molecule has 0 spiro atoms. The maximum Gasteiger partial charge on any atom is 0.183 e. The normalized spacial score (nSPS) is 10.0. The van der Waals surface area contributed by atoms with Crippen molar-refractivity contribution < 1.29 is 5.11 Å². The zero-order valence-corrected chi connectivity index (χ0v) is 6.94. The molecule has 1 aromatic rings. The fraction of sp³-hybridized carbons (Fsp3) is 0.500. The SMILES string of the molecule is OCCc1nnc(Br)s1. The van der Waals surface area contributed by atoms with Crippen LogP contribution in [0.1, 0.15) is 5.01 Å². The molecule has 0 aliphatic heterocycles. The van der Waals surface area contributed by atoms with Gasteiger partial charge in [0.05, 0.1) is 0 Å². The molecule has 0 amide bonds. The summed E-state index contributed by atoms with van der Waals surface area (Å²) in [6, 6.07) is 0. The topological polar surface area (TPSA) is 46.0 Å². The number of aliphatic hydroxyl groups excluding tert-OH is 1. The molecule has 0 aromatic carbocycles. The summed E-state index contributed by atoms with van der Waals surface area (Å²) in [5.74, 6) is 0. The molecule has 5 heteroatoms. The third kappa shape index (κ3) is 2.00. The van der Waals surface area contributed by atoms with E-state index in [1.54, 1.807) is 0 Å². The quantitative estimate of drug-likeness (QED) is 0.784. The smallest absolute Gasteiger partial charge is 0.183 e. The Kier molecular flexibility index (Phi) is 2.56. The Balaban J connectivity index is 2.61. The summed E-state index contributed by atoms with van der Waals surface area (Å²) in [4.78, 5) is 0. The van der Waals surface area contributed by atoms with E-state index in [0.717, 1.165) is 8.92 Å². The number of aliphatic hydroxyl groups is 1. The highest BCUT2D eigenvalue weighted by molar-refractivity contribution is 9.11. The Labute approximate surface area is 64.9 Å². The molecule has 1 N–H and O–H groups in total. The minimum absolute atomic E-state index is 0.141. The summed E-state index contributed by atoms with van der Waals surface area (Å²) < 4.78 is 0.769. The first-order chi connectivity index (χ1) is 4.33. The van der Waals surface area contributed by atoms with Gasteiger partial charge in [0.2, 0.25) is 0 Å². The minimum Gasteiger partial charge on any atom is -0.396 e. The maximum atomic E-state index is 8.45. The van der Waals surface area contributed by atoms with Crippen LogP contribution in [0.15, 0.2) is 3.92 Å². The molecule has 3 nitrogen and oxygen atoms in total. The van der Waals surface area contributed by atoms with Crippen molar-refractivity contribution in [1.82, 2.24) is 10.2 Å². The van der Waals surface area contributed by atoms with Crippen LogP contribution in [0, 0.1) is 0 Å². The molecule has 50 valence electrons. The summed E-state index contributed by atoms with van der Waals surface area (Å²) >= 11 is 4.61. The van der Waals surface area contributed by atoms with Crippen LogP contribution in [0.2, 0.25) is 0 Å². The van der Waals surface area contributed by atoms with Gasteiger partial charge in [0.1, 0.15) is 5.01 Å². The Morgan fingerprint density at radius 1 is 1.56 bits per heavy atom. The third-order valence-electron chi connectivity index (χ3n) is 0.768. The van der Waals surface area contributed by atoms with E-state index in [0.29, 0.717) is 6.42 Å². The largest absolute Gasteiger partial charge is 0.396 e. The zero-order valence-electron chi connectivity index (χ0n) is 4.54. The van der Waals surface area contributed by atoms with Crippen LogP contribution >= 0.6 is 27.3 Å². The lowest BCUT2D eigenvalue weighted by Crippen LogP contribution is -1.88. The highest BCUT2D eigenvalue weighted by Gasteiger charge is 1.98. The first kappa shape index (κ1) is 7.11. The van der Waals surface area contributed by atoms with Crippen LogP contribution in [0.25, 0.3) is 0 Å². The van der Waals surface area contributed by atoms with Crippen molar-refractivity contribution in [2.24, 2.45) is 0 Å². The van der Waals surface area contributed by atoms with Gasteiger partial charge >= 0.3 is 0 Å².